The van der Waals surface area contributed by atoms with Crippen molar-refractivity contribution in [2.75, 3.05) is 6.61 Å². The monoisotopic (exact) mass is 443 g/mol. The number of ether oxygens (including phenoxy) is 1. The number of benzene rings is 1. The van der Waals surface area contributed by atoms with E-state index < -0.39 is 29.0 Å². The van der Waals surface area contributed by atoms with Crippen molar-refractivity contribution in [1.82, 2.24) is 19.9 Å². The summed E-state index contributed by atoms with van der Waals surface area (Å²) >= 11 is 0. The van der Waals surface area contributed by atoms with Gasteiger partial charge < -0.3 is 14.9 Å². The Kier molecular flexibility index (Phi) is 5.72. The van der Waals surface area contributed by atoms with Crippen molar-refractivity contribution in [2.24, 2.45) is 5.92 Å². The first-order chi connectivity index (χ1) is 15.3. The molecule has 2 aliphatic rings. The normalized spacial score (nSPS) is 20.7. The molecule has 12 nitrogen and oxygen atoms in total. The predicted octanol–water partition coefficient (Wildman–Crippen LogP) is 0.245. The number of nitro benzene ring substituents is 1. The number of non-ortho nitro benzene ring substituents is 1. The number of esters is 1. The molecule has 12 heteroatoms. The van der Waals surface area contributed by atoms with Gasteiger partial charge in [0.2, 0.25) is 5.91 Å². The molecule has 2 aliphatic heterocycles. The van der Waals surface area contributed by atoms with Crippen molar-refractivity contribution in [3.63, 3.8) is 0 Å². The van der Waals surface area contributed by atoms with Gasteiger partial charge in [-0.2, -0.15) is 0 Å². The first kappa shape index (κ1) is 21.6. The molecule has 0 aliphatic carbocycles. The maximum Gasteiger partial charge on any atom is 0.357 e. The zero-order chi connectivity index (χ0) is 23.0. The highest BCUT2D eigenvalue weighted by Crippen LogP contribution is 2.45. The lowest BCUT2D eigenvalue weighted by Crippen LogP contribution is -2.61. The number of fused-ring (bicyclic) bond motifs is 1. The van der Waals surface area contributed by atoms with Crippen LogP contribution in [0.4, 0.5) is 5.69 Å². The second-order valence-electron chi connectivity index (χ2n) is 7.67. The highest BCUT2D eigenvalue weighted by Gasteiger charge is 2.57. The maximum absolute atomic E-state index is 13.0. The smallest absolute Gasteiger partial charge is 0.357 e. The molecule has 0 unspecified atom stereocenters. The number of nitro groups is 1. The molecule has 2 N–H and O–H groups in total. The zero-order valence-electron chi connectivity index (χ0n) is 17.1. The second kappa shape index (κ2) is 8.48. The summed E-state index contributed by atoms with van der Waals surface area (Å²) in [5, 5.41) is 37.8. The first-order valence-electron chi connectivity index (χ1n) is 9.99. The summed E-state index contributed by atoms with van der Waals surface area (Å²) in [6.07, 6.45) is 1.27. The fraction of sp³-hybridized carbons (Fsp3) is 0.400. The first-order valence-corrected chi connectivity index (χ1v) is 9.99. The molecule has 0 bridgehead atoms. The van der Waals surface area contributed by atoms with E-state index in [1.165, 1.54) is 40.8 Å². The quantitative estimate of drug-likeness (QED) is 0.252. The minimum Gasteiger partial charge on any atom is -0.456 e. The van der Waals surface area contributed by atoms with Crippen LogP contribution in [-0.2, 0) is 27.4 Å². The van der Waals surface area contributed by atoms with Crippen molar-refractivity contribution in [3.05, 3.63) is 57.5 Å². The molecule has 0 spiro atoms. The van der Waals surface area contributed by atoms with Gasteiger partial charge in [-0.15, -0.1) is 5.10 Å². The fourth-order valence-corrected chi connectivity index (χ4v) is 4.03. The maximum atomic E-state index is 13.0. The van der Waals surface area contributed by atoms with E-state index in [4.69, 9.17) is 9.84 Å². The van der Waals surface area contributed by atoms with Crippen LogP contribution in [0.3, 0.4) is 0 Å². The van der Waals surface area contributed by atoms with Crippen molar-refractivity contribution in [3.8, 4) is 0 Å². The Balaban J connectivity index is 1.58. The topological polar surface area (TPSA) is 161 Å². The molecule has 32 heavy (non-hydrogen) atoms. The number of aliphatic hydroxyl groups is 2. The summed E-state index contributed by atoms with van der Waals surface area (Å²) in [5.74, 6) is -1.76. The molecule has 2 aromatic rings. The fourth-order valence-electron chi connectivity index (χ4n) is 4.03. The number of carbonyl (C=O) groups is 2. The molecule has 168 valence electrons. The van der Waals surface area contributed by atoms with E-state index in [0.717, 1.165) is 0 Å². The van der Waals surface area contributed by atoms with Crippen LogP contribution in [0, 0.1) is 16.0 Å². The van der Waals surface area contributed by atoms with Gasteiger partial charge in [0.05, 0.1) is 40.6 Å². The third-order valence-electron chi connectivity index (χ3n) is 5.60. The van der Waals surface area contributed by atoms with Gasteiger partial charge in [0, 0.05) is 31.6 Å². The zero-order valence-corrected chi connectivity index (χ0v) is 17.1. The molecule has 0 radical (unpaired) electrons. The van der Waals surface area contributed by atoms with Crippen LogP contribution >= 0.6 is 0 Å². The van der Waals surface area contributed by atoms with Crippen LogP contribution in [0.1, 0.15) is 24.6 Å². The molecular formula is C20H21N5O7. The molecule has 0 saturated carbocycles. The van der Waals surface area contributed by atoms with E-state index in [0.29, 0.717) is 17.0 Å². The Morgan fingerprint density at radius 1 is 1.38 bits per heavy atom. The van der Waals surface area contributed by atoms with Crippen molar-refractivity contribution >= 4 is 23.3 Å². The molecule has 1 fully saturated rings. The Labute approximate surface area is 181 Å². The minimum atomic E-state index is -0.874. The van der Waals surface area contributed by atoms with E-state index in [1.807, 2.05) is 0 Å². The van der Waals surface area contributed by atoms with Gasteiger partial charge in [0.1, 0.15) is 6.61 Å². The van der Waals surface area contributed by atoms with Gasteiger partial charge in [-0.1, -0.05) is 5.21 Å². The second-order valence-corrected chi connectivity index (χ2v) is 7.67. The lowest BCUT2D eigenvalue weighted by molar-refractivity contribution is -0.384. The average molecular weight is 443 g/mol. The number of β-lactam (4-membered cyclic amide) rings is 1. The Hall–Kier alpha value is -3.64. The Morgan fingerprint density at radius 2 is 2.09 bits per heavy atom. The number of hydrogen-bond acceptors (Lipinski definition) is 9. The summed E-state index contributed by atoms with van der Waals surface area (Å²) < 4.78 is 6.78. The van der Waals surface area contributed by atoms with Crippen LogP contribution in [0.2, 0.25) is 0 Å². The molecule has 1 aromatic heterocycles. The molecular weight excluding hydrogens is 422 g/mol. The van der Waals surface area contributed by atoms with Crippen LogP contribution in [-0.4, -0.2) is 65.7 Å². The molecule has 1 aromatic carbocycles. The van der Waals surface area contributed by atoms with Gasteiger partial charge >= 0.3 is 5.97 Å². The average Bonchev–Trinajstić information content (AvgIpc) is 3.34. The molecule has 3 heterocycles. The largest absolute Gasteiger partial charge is 0.456 e. The van der Waals surface area contributed by atoms with Gasteiger partial charge in [-0.05, 0) is 24.6 Å². The van der Waals surface area contributed by atoms with E-state index in [-0.39, 0.29) is 43.3 Å². The number of aromatic nitrogens is 3. The third kappa shape index (κ3) is 3.74. The van der Waals surface area contributed by atoms with Crippen LogP contribution in [0.5, 0.6) is 0 Å². The van der Waals surface area contributed by atoms with Gasteiger partial charge in [0.15, 0.2) is 5.70 Å². The van der Waals surface area contributed by atoms with Crippen LogP contribution < -0.4 is 0 Å². The number of hydrogen-bond donors (Lipinski definition) is 2. The summed E-state index contributed by atoms with van der Waals surface area (Å²) in [7, 11) is 0. The highest BCUT2D eigenvalue weighted by atomic mass is 16.6. The van der Waals surface area contributed by atoms with Crippen molar-refractivity contribution < 1.29 is 29.5 Å². The van der Waals surface area contributed by atoms with Gasteiger partial charge in [-0.25, -0.2) is 9.48 Å². The van der Waals surface area contributed by atoms with E-state index in [1.54, 1.807) is 6.20 Å². The number of nitrogens with zero attached hydrogens (tertiary/aromatic N) is 5. The van der Waals surface area contributed by atoms with Gasteiger partial charge in [-0.3, -0.25) is 19.8 Å². The number of aliphatic hydroxyl groups excluding tert-OH is 2. The van der Waals surface area contributed by atoms with E-state index in [2.05, 4.69) is 10.3 Å². The standard InChI is InChI=1S/C20H21N5O7/c1-11(27)17-15-8-16(23-9-13(6-7-26)21-22-23)18(24(15)19(17)28)20(29)32-10-12-2-4-14(5-3-12)25(30)31/h2-5,9,11,15,17,26-27H,6-8,10H2,1H3/t11-,15-,17-/m1/s1. The van der Waals surface area contributed by atoms with Gasteiger partial charge in [0.25, 0.3) is 5.69 Å². The lowest BCUT2D eigenvalue weighted by Gasteiger charge is -2.44. The minimum absolute atomic E-state index is 0.0271. The SMILES string of the molecule is C[C@@H](O)[C@H]1C(=O)N2C(C(=O)OCc3ccc([N+](=O)[O-])cc3)=C(n3cc(CCO)nn3)C[C@H]12. The Morgan fingerprint density at radius 3 is 2.72 bits per heavy atom. The summed E-state index contributed by atoms with van der Waals surface area (Å²) in [6.45, 7) is 1.27. The third-order valence-corrected chi connectivity index (χ3v) is 5.60. The van der Waals surface area contributed by atoms with E-state index >= 15 is 0 Å². The lowest BCUT2D eigenvalue weighted by atomic mass is 9.83. The molecule has 1 amide bonds. The number of rotatable bonds is 8. The number of carbonyl (C=O) groups excluding carboxylic acids is 2. The van der Waals surface area contributed by atoms with Crippen LogP contribution in [0.25, 0.3) is 5.70 Å². The highest BCUT2D eigenvalue weighted by molar-refractivity contribution is 6.04. The van der Waals surface area contributed by atoms with Crippen molar-refractivity contribution in [2.45, 2.75) is 38.5 Å². The van der Waals surface area contributed by atoms with Crippen molar-refractivity contribution in [1.29, 1.82) is 0 Å². The van der Waals surface area contributed by atoms with Crippen LogP contribution in [0.15, 0.2) is 36.2 Å². The summed E-state index contributed by atoms with van der Waals surface area (Å²) in [5.41, 5.74) is 1.43. The molecule has 4 rings (SSSR count). The summed E-state index contributed by atoms with van der Waals surface area (Å²) in [6, 6.07) is 5.18. The van der Waals surface area contributed by atoms with E-state index in [9.17, 15) is 24.8 Å². The molecule has 1 saturated heterocycles. The molecule has 3 atom stereocenters. The predicted molar refractivity (Wildman–Crippen MR) is 107 cm³/mol. The number of amides is 1. The summed E-state index contributed by atoms with van der Waals surface area (Å²) in [4.78, 5) is 37.2. The Bertz CT molecular complexity index is 1090.